The molecule has 2 aromatic heterocycles. The Balaban J connectivity index is 1.49. The molecule has 1 N–H and O–H groups in total. The molecule has 2 fully saturated rings. The van der Waals surface area contributed by atoms with E-state index in [9.17, 15) is 0 Å². The molecular formula is C22H23Cl2N5OS. The Hall–Kier alpha value is -1.80. The van der Waals surface area contributed by atoms with Crippen LogP contribution >= 0.6 is 35.0 Å². The molecule has 1 aromatic carbocycles. The Kier molecular flexibility index (Phi) is 5.86. The van der Waals surface area contributed by atoms with E-state index < -0.39 is 0 Å². The third-order valence-electron chi connectivity index (χ3n) is 6.05. The SMILES string of the molecule is Cc1nc(N2CCC3(CCCO3)CC2)c(-c2ccn[nH]2)nc1Sc1cccc(Cl)c1Cl. The van der Waals surface area contributed by atoms with Gasteiger partial charge in [-0.05, 0) is 50.8 Å². The molecule has 1 spiro atoms. The Labute approximate surface area is 195 Å². The number of nitrogens with zero attached hydrogens (tertiary/aromatic N) is 4. The van der Waals surface area contributed by atoms with Gasteiger partial charge in [0.15, 0.2) is 5.82 Å². The maximum atomic E-state index is 6.41. The minimum atomic E-state index is 0.0617. The first-order chi connectivity index (χ1) is 15.0. The molecular weight excluding hydrogens is 453 g/mol. The van der Waals surface area contributed by atoms with Crippen molar-refractivity contribution in [2.75, 3.05) is 24.6 Å². The highest BCUT2D eigenvalue weighted by Crippen LogP contribution is 2.41. The van der Waals surface area contributed by atoms with Crippen molar-refractivity contribution in [3.8, 4) is 11.4 Å². The van der Waals surface area contributed by atoms with E-state index in [0.717, 1.165) is 78.2 Å². The number of nitrogens with one attached hydrogen (secondary N) is 1. The highest BCUT2D eigenvalue weighted by Gasteiger charge is 2.39. The molecule has 0 aliphatic carbocycles. The van der Waals surface area contributed by atoms with Gasteiger partial charge in [0.1, 0.15) is 10.7 Å². The second-order valence-electron chi connectivity index (χ2n) is 8.03. The average molecular weight is 476 g/mol. The smallest absolute Gasteiger partial charge is 0.157 e. The van der Waals surface area contributed by atoms with Crippen LogP contribution in [0.4, 0.5) is 5.82 Å². The van der Waals surface area contributed by atoms with Gasteiger partial charge in [-0.15, -0.1) is 0 Å². The van der Waals surface area contributed by atoms with Crippen molar-refractivity contribution in [1.29, 1.82) is 0 Å². The number of aromatic amines is 1. The van der Waals surface area contributed by atoms with Gasteiger partial charge < -0.3 is 9.64 Å². The van der Waals surface area contributed by atoms with E-state index in [4.69, 9.17) is 37.9 Å². The van der Waals surface area contributed by atoms with E-state index in [1.54, 1.807) is 12.3 Å². The molecule has 0 atom stereocenters. The first-order valence-electron chi connectivity index (χ1n) is 10.4. The molecule has 2 aliphatic heterocycles. The molecule has 0 bridgehead atoms. The van der Waals surface area contributed by atoms with Gasteiger partial charge in [0.25, 0.3) is 0 Å². The summed E-state index contributed by atoms with van der Waals surface area (Å²) in [6.45, 7) is 4.68. The van der Waals surface area contributed by atoms with Gasteiger partial charge in [-0.25, -0.2) is 9.97 Å². The number of hydrogen-bond acceptors (Lipinski definition) is 6. The normalized spacial score (nSPS) is 18.1. The summed E-state index contributed by atoms with van der Waals surface area (Å²) in [7, 11) is 0. The summed E-state index contributed by atoms with van der Waals surface area (Å²) in [4.78, 5) is 13.2. The number of benzene rings is 1. The van der Waals surface area contributed by atoms with Gasteiger partial charge >= 0.3 is 0 Å². The fourth-order valence-electron chi connectivity index (χ4n) is 4.32. The van der Waals surface area contributed by atoms with E-state index in [0.29, 0.717) is 10.0 Å². The van der Waals surface area contributed by atoms with Crippen LogP contribution < -0.4 is 4.90 Å². The van der Waals surface area contributed by atoms with Crippen molar-refractivity contribution in [2.24, 2.45) is 0 Å². The number of H-pyrrole nitrogens is 1. The summed E-state index contributed by atoms with van der Waals surface area (Å²) in [6.07, 6.45) is 6.10. The van der Waals surface area contributed by atoms with Gasteiger partial charge in [0.2, 0.25) is 0 Å². The number of anilines is 1. The molecule has 0 amide bonds. The van der Waals surface area contributed by atoms with Crippen LogP contribution in [0.2, 0.25) is 10.0 Å². The largest absolute Gasteiger partial charge is 0.375 e. The van der Waals surface area contributed by atoms with Crippen LogP contribution in [0.1, 0.15) is 31.4 Å². The summed E-state index contributed by atoms with van der Waals surface area (Å²) in [5.41, 5.74) is 2.56. The second kappa shape index (κ2) is 8.62. The van der Waals surface area contributed by atoms with Crippen LogP contribution in [0.3, 0.4) is 0 Å². The monoisotopic (exact) mass is 475 g/mol. The van der Waals surface area contributed by atoms with Crippen LogP contribution in [-0.4, -0.2) is 45.5 Å². The lowest BCUT2D eigenvalue weighted by Gasteiger charge is -2.39. The van der Waals surface area contributed by atoms with E-state index in [1.807, 2.05) is 25.1 Å². The van der Waals surface area contributed by atoms with Crippen LogP contribution in [0, 0.1) is 6.92 Å². The Bertz CT molecular complexity index is 1080. The quantitative estimate of drug-likeness (QED) is 0.515. The van der Waals surface area contributed by atoms with Crippen molar-refractivity contribution in [1.82, 2.24) is 20.2 Å². The Morgan fingerprint density at radius 1 is 1.13 bits per heavy atom. The Morgan fingerprint density at radius 2 is 1.97 bits per heavy atom. The first-order valence-corrected chi connectivity index (χ1v) is 12.0. The summed E-state index contributed by atoms with van der Waals surface area (Å²) < 4.78 is 6.09. The van der Waals surface area contributed by atoms with E-state index in [1.165, 1.54) is 11.8 Å². The third kappa shape index (κ3) is 4.16. The lowest BCUT2D eigenvalue weighted by molar-refractivity contribution is -0.0147. The molecule has 5 rings (SSSR count). The van der Waals surface area contributed by atoms with Crippen LogP contribution in [0.15, 0.2) is 40.4 Å². The summed E-state index contributed by atoms with van der Waals surface area (Å²) >= 11 is 14.1. The summed E-state index contributed by atoms with van der Waals surface area (Å²) in [5, 5.41) is 9.03. The van der Waals surface area contributed by atoms with E-state index in [2.05, 4.69) is 15.1 Å². The van der Waals surface area contributed by atoms with Gasteiger partial charge in [-0.2, -0.15) is 5.10 Å². The summed E-state index contributed by atoms with van der Waals surface area (Å²) in [6, 6.07) is 7.53. The molecule has 4 heterocycles. The molecule has 3 aromatic rings. The van der Waals surface area contributed by atoms with Gasteiger partial charge in [-0.1, -0.05) is 41.0 Å². The minimum Gasteiger partial charge on any atom is -0.375 e. The summed E-state index contributed by atoms with van der Waals surface area (Å²) in [5.74, 6) is 0.885. The molecule has 2 saturated heterocycles. The zero-order valence-corrected chi connectivity index (χ0v) is 19.5. The maximum absolute atomic E-state index is 6.41. The number of rotatable bonds is 4. The predicted octanol–water partition coefficient (Wildman–Crippen LogP) is 5.78. The lowest BCUT2D eigenvalue weighted by Crippen LogP contribution is -2.44. The predicted molar refractivity (Wildman–Crippen MR) is 124 cm³/mol. The molecule has 2 aliphatic rings. The van der Waals surface area contributed by atoms with Crippen molar-refractivity contribution in [2.45, 2.75) is 48.1 Å². The molecule has 9 heteroatoms. The highest BCUT2D eigenvalue weighted by atomic mass is 35.5. The topological polar surface area (TPSA) is 66.9 Å². The molecule has 31 heavy (non-hydrogen) atoms. The third-order valence-corrected chi connectivity index (χ3v) is 8.12. The molecule has 162 valence electrons. The van der Waals surface area contributed by atoms with Gasteiger partial charge in [0.05, 0.1) is 27.0 Å². The first kappa shape index (κ1) is 21.1. The number of halogens is 2. The molecule has 0 radical (unpaired) electrons. The van der Waals surface area contributed by atoms with Gasteiger partial charge in [0, 0.05) is 30.8 Å². The molecule has 0 saturated carbocycles. The number of aromatic nitrogens is 4. The standard InChI is InChI=1S/C22H23Cl2N5OS/c1-14-21(31-17-5-2-4-15(23)18(17)24)27-19(16-6-10-25-28-16)20(26-14)29-11-8-22(9-12-29)7-3-13-30-22/h2,4-6,10H,3,7-9,11-13H2,1H3,(H,25,28). The van der Waals surface area contributed by atoms with Crippen molar-refractivity contribution < 1.29 is 4.74 Å². The highest BCUT2D eigenvalue weighted by molar-refractivity contribution is 7.99. The van der Waals surface area contributed by atoms with Crippen LogP contribution in [0.5, 0.6) is 0 Å². The van der Waals surface area contributed by atoms with Gasteiger partial charge in [-0.3, -0.25) is 5.10 Å². The zero-order chi connectivity index (χ0) is 21.4. The average Bonchev–Trinajstić information content (AvgIpc) is 3.46. The number of hydrogen-bond donors (Lipinski definition) is 1. The van der Waals surface area contributed by atoms with Crippen LogP contribution in [0.25, 0.3) is 11.4 Å². The van der Waals surface area contributed by atoms with Crippen LogP contribution in [-0.2, 0) is 4.74 Å². The van der Waals surface area contributed by atoms with E-state index in [-0.39, 0.29) is 5.60 Å². The fourth-order valence-corrected chi connectivity index (χ4v) is 5.68. The lowest BCUT2D eigenvalue weighted by atomic mass is 9.88. The van der Waals surface area contributed by atoms with Crippen molar-refractivity contribution in [3.05, 3.63) is 46.2 Å². The second-order valence-corrected chi connectivity index (χ2v) is 9.85. The number of ether oxygens (including phenoxy) is 1. The molecule has 6 nitrogen and oxygen atoms in total. The van der Waals surface area contributed by atoms with Crippen molar-refractivity contribution >= 4 is 40.8 Å². The van der Waals surface area contributed by atoms with Crippen molar-refractivity contribution in [3.63, 3.8) is 0 Å². The number of piperidine rings is 1. The fraction of sp³-hybridized carbons (Fsp3) is 0.409. The van der Waals surface area contributed by atoms with E-state index >= 15 is 0 Å². The zero-order valence-electron chi connectivity index (χ0n) is 17.2. The number of aryl methyl sites for hydroxylation is 1. The molecule has 0 unspecified atom stereocenters. The maximum Gasteiger partial charge on any atom is 0.157 e. The Morgan fingerprint density at radius 3 is 2.68 bits per heavy atom. The minimum absolute atomic E-state index is 0.0617.